The summed E-state index contributed by atoms with van der Waals surface area (Å²) in [6, 6.07) is 7.84. The number of carbonyl (C=O) groups is 1. The number of carbonyl (C=O) groups excluding carboxylic acids is 1. The first kappa shape index (κ1) is 17.7. The van der Waals surface area contributed by atoms with Crippen molar-refractivity contribution in [3.63, 3.8) is 0 Å². The van der Waals surface area contributed by atoms with Crippen molar-refractivity contribution >= 4 is 5.91 Å². The fourth-order valence-corrected chi connectivity index (χ4v) is 1.87. The lowest BCUT2D eigenvalue weighted by Crippen LogP contribution is -2.28. The molecule has 1 atom stereocenters. The average molecular weight is 340 g/mol. The van der Waals surface area contributed by atoms with Gasteiger partial charge in [0.2, 0.25) is 5.88 Å². The number of aliphatic hydroxyl groups is 1. The minimum atomic E-state index is -2.64. The number of aliphatic hydroxyl groups excluding tert-OH is 1. The highest BCUT2D eigenvalue weighted by atomic mass is 19.3. The van der Waals surface area contributed by atoms with Gasteiger partial charge in [0.15, 0.2) is 6.61 Å². The first-order chi connectivity index (χ1) is 11.5. The zero-order valence-electron chi connectivity index (χ0n) is 12.5. The molecule has 0 aliphatic rings. The van der Waals surface area contributed by atoms with E-state index in [4.69, 9.17) is 4.74 Å². The van der Waals surface area contributed by atoms with Crippen molar-refractivity contribution in [2.45, 2.75) is 12.5 Å². The fourth-order valence-electron chi connectivity index (χ4n) is 1.87. The van der Waals surface area contributed by atoms with E-state index in [0.717, 1.165) is 0 Å². The molecule has 0 saturated carbocycles. The maximum atomic E-state index is 12.8. The fraction of sp³-hybridized carbons (Fsp3) is 0.250. The van der Waals surface area contributed by atoms with E-state index in [1.807, 2.05) is 0 Å². The average Bonchev–Trinajstić information content (AvgIpc) is 2.58. The molecule has 0 aliphatic heterocycles. The molecular weight excluding hydrogens is 325 g/mol. The van der Waals surface area contributed by atoms with Crippen LogP contribution in [0.3, 0.4) is 0 Å². The lowest BCUT2D eigenvalue weighted by Gasteiger charge is -2.12. The number of benzene rings is 1. The summed E-state index contributed by atoms with van der Waals surface area (Å²) >= 11 is 0. The van der Waals surface area contributed by atoms with E-state index in [1.54, 1.807) is 0 Å². The molecule has 128 valence electrons. The van der Waals surface area contributed by atoms with Crippen LogP contribution in [-0.4, -0.2) is 35.6 Å². The number of pyridine rings is 1. The van der Waals surface area contributed by atoms with Crippen molar-refractivity contribution in [2.24, 2.45) is 0 Å². The number of alkyl halides is 2. The maximum absolute atomic E-state index is 12.8. The quantitative estimate of drug-likeness (QED) is 0.811. The number of hydrogen-bond donors (Lipinski definition) is 2. The van der Waals surface area contributed by atoms with E-state index in [2.05, 4.69) is 10.3 Å². The van der Waals surface area contributed by atoms with Crippen molar-refractivity contribution in [3.8, 4) is 5.88 Å². The molecule has 1 aromatic heterocycles. The Kier molecular flexibility index (Phi) is 6.14. The molecule has 5 nitrogen and oxygen atoms in total. The van der Waals surface area contributed by atoms with Gasteiger partial charge < -0.3 is 15.2 Å². The number of amides is 1. The number of ether oxygens (including phenoxy) is 1. The standard InChI is InChI=1S/C16H15F3N2O3/c17-12-3-1-10(2-4-12)13(22)8-21-16(23)11-5-6-20-15(7-11)24-9-14(18)19/h1-7,13-14,22H,8-9H2,(H,21,23). The van der Waals surface area contributed by atoms with Gasteiger partial charge in [0.1, 0.15) is 5.82 Å². The van der Waals surface area contributed by atoms with Crippen LogP contribution in [0, 0.1) is 5.82 Å². The zero-order valence-corrected chi connectivity index (χ0v) is 12.5. The minimum Gasteiger partial charge on any atom is -0.472 e. The Morgan fingerprint density at radius 2 is 1.96 bits per heavy atom. The lowest BCUT2D eigenvalue weighted by atomic mass is 10.1. The van der Waals surface area contributed by atoms with Crippen LogP contribution in [-0.2, 0) is 0 Å². The molecule has 1 aromatic carbocycles. The van der Waals surface area contributed by atoms with Crippen LogP contribution in [0.2, 0.25) is 0 Å². The molecule has 8 heteroatoms. The van der Waals surface area contributed by atoms with Crippen molar-refractivity contribution in [1.29, 1.82) is 0 Å². The van der Waals surface area contributed by atoms with Crippen LogP contribution in [0.5, 0.6) is 5.88 Å². The zero-order chi connectivity index (χ0) is 17.5. The van der Waals surface area contributed by atoms with Gasteiger partial charge in [0.25, 0.3) is 12.3 Å². The molecule has 2 aromatic rings. The predicted molar refractivity (Wildman–Crippen MR) is 79.4 cm³/mol. The van der Waals surface area contributed by atoms with E-state index in [9.17, 15) is 23.1 Å². The van der Waals surface area contributed by atoms with E-state index in [1.165, 1.54) is 42.6 Å². The van der Waals surface area contributed by atoms with Crippen LogP contribution in [0.25, 0.3) is 0 Å². The van der Waals surface area contributed by atoms with Crippen molar-refractivity contribution < 1.29 is 27.8 Å². The van der Waals surface area contributed by atoms with E-state index in [-0.39, 0.29) is 18.0 Å². The van der Waals surface area contributed by atoms with Crippen LogP contribution in [0.1, 0.15) is 22.0 Å². The maximum Gasteiger partial charge on any atom is 0.272 e. The van der Waals surface area contributed by atoms with Crippen molar-refractivity contribution in [3.05, 3.63) is 59.5 Å². The monoisotopic (exact) mass is 340 g/mol. The molecule has 0 bridgehead atoms. The summed E-state index contributed by atoms with van der Waals surface area (Å²) in [5, 5.41) is 12.4. The molecule has 1 amide bonds. The van der Waals surface area contributed by atoms with Crippen LogP contribution in [0.15, 0.2) is 42.6 Å². The van der Waals surface area contributed by atoms with Gasteiger partial charge in [0.05, 0.1) is 6.10 Å². The van der Waals surface area contributed by atoms with Gasteiger partial charge in [0, 0.05) is 24.4 Å². The second kappa shape index (κ2) is 8.30. The Morgan fingerprint density at radius 3 is 2.62 bits per heavy atom. The third kappa shape index (κ3) is 5.24. The largest absolute Gasteiger partial charge is 0.472 e. The third-order valence-corrected chi connectivity index (χ3v) is 3.06. The smallest absolute Gasteiger partial charge is 0.272 e. The number of nitrogens with zero attached hydrogens (tertiary/aromatic N) is 1. The highest BCUT2D eigenvalue weighted by Crippen LogP contribution is 2.14. The summed E-state index contributed by atoms with van der Waals surface area (Å²) in [4.78, 5) is 15.7. The second-order valence-corrected chi connectivity index (χ2v) is 4.86. The molecule has 0 aliphatic carbocycles. The number of halogens is 3. The molecule has 0 fully saturated rings. The van der Waals surface area contributed by atoms with Crippen LogP contribution >= 0.6 is 0 Å². The van der Waals surface area contributed by atoms with Gasteiger partial charge in [-0.25, -0.2) is 18.2 Å². The van der Waals surface area contributed by atoms with E-state index < -0.39 is 30.9 Å². The Morgan fingerprint density at radius 1 is 1.25 bits per heavy atom. The Balaban J connectivity index is 1.92. The summed E-state index contributed by atoms with van der Waals surface area (Å²) < 4.78 is 41.7. The molecule has 2 rings (SSSR count). The molecule has 1 heterocycles. The summed E-state index contributed by atoms with van der Waals surface area (Å²) in [5.41, 5.74) is 0.605. The Hall–Kier alpha value is -2.61. The van der Waals surface area contributed by atoms with E-state index in [0.29, 0.717) is 5.56 Å². The van der Waals surface area contributed by atoms with Crippen LogP contribution in [0.4, 0.5) is 13.2 Å². The summed E-state index contributed by atoms with van der Waals surface area (Å²) in [6.45, 7) is -0.915. The third-order valence-electron chi connectivity index (χ3n) is 3.06. The molecule has 0 radical (unpaired) electrons. The van der Waals surface area contributed by atoms with Crippen molar-refractivity contribution in [2.75, 3.05) is 13.2 Å². The molecule has 0 saturated heterocycles. The summed E-state index contributed by atoms with van der Waals surface area (Å²) in [5.74, 6) is -1.05. The number of hydrogen-bond acceptors (Lipinski definition) is 4. The topological polar surface area (TPSA) is 71.5 Å². The SMILES string of the molecule is O=C(NCC(O)c1ccc(F)cc1)c1ccnc(OCC(F)F)c1. The number of nitrogens with one attached hydrogen (secondary N) is 1. The lowest BCUT2D eigenvalue weighted by molar-refractivity contribution is 0.0794. The van der Waals surface area contributed by atoms with Crippen molar-refractivity contribution in [1.82, 2.24) is 10.3 Å². The number of rotatable bonds is 7. The second-order valence-electron chi connectivity index (χ2n) is 4.86. The molecule has 24 heavy (non-hydrogen) atoms. The molecule has 0 spiro atoms. The first-order valence-corrected chi connectivity index (χ1v) is 7.04. The van der Waals surface area contributed by atoms with E-state index >= 15 is 0 Å². The normalized spacial score (nSPS) is 12.0. The van der Waals surface area contributed by atoms with Gasteiger partial charge in [-0.2, -0.15) is 0 Å². The molecule has 1 unspecified atom stereocenters. The van der Waals surface area contributed by atoms with Gasteiger partial charge in [-0.15, -0.1) is 0 Å². The van der Waals surface area contributed by atoms with Gasteiger partial charge in [-0.1, -0.05) is 12.1 Å². The highest BCUT2D eigenvalue weighted by Gasteiger charge is 2.12. The van der Waals surface area contributed by atoms with Gasteiger partial charge >= 0.3 is 0 Å². The number of aromatic nitrogens is 1. The minimum absolute atomic E-state index is 0.0953. The molecular formula is C16H15F3N2O3. The summed E-state index contributed by atoms with van der Waals surface area (Å²) in [7, 11) is 0. The van der Waals surface area contributed by atoms with Crippen LogP contribution < -0.4 is 10.1 Å². The summed E-state index contributed by atoms with van der Waals surface area (Å²) in [6.07, 6.45) is -2.40. The van der Waals surface area contributed by atoms with Gasteiger partial charge in [-0.05, 0) is 23.8 Å². The highest BCUT2D eigenvalue weighted by molar-refractivity contribution is 5.94. The first-order valence-electron chi connectivity index (χ1n) is 7.04. The molecule has 2 N–H and O–H groups in total. The van der Waals surface area contributed by atoms with Gasteiger partial charge in [-0.3, -0.25) is 4.79 Å². The Labute approximate surface area is 136 Å². The Bertz CT molecular complexity index is 681. The predicted octanol–water partition coefficient (Wildman–Crippen LogP) is 2.33.